The number of benzene rings is 1. The standard InChI is InChI=1S/C15H24N2O2/c1-4-16-7-9-17(10-8-16)12-13-5-6-14(18-2)15(11-13)19-3/h5-6,11H,4,7-10,12H2,1-3H3. The maximum atomic E-state index is 5.35. The van der Waals surface area contributed by atoms with Crippen molar-refractivity contribution in [2.24, 2.45) is 0 Å². The molecule has 2 rings (SSSR count). The van der Waals surface area contributed by atoms with E-state index in [1.807, 2.05) is 6.07 Å². The van der Waals surface area contributed by atoms with Crippen molar-refractivity contribution in [3.63, 3.8) is 0 Å². The number of ether oxygens (including phenoxy) is 2. The molecule has 0 aromatic heterocycles. The molecule has 19 heavy (non-hydrogen) atoms. The summed E-state index contributed by atoms with van der Waals surface area (Å²) in [6.07, 6.45) is 0. The first kappa shape index (κ1) is 14.2. The van der Waals surface area contributed by atoms with E-state index in [2.05, 4.69) is 28.9 Å². The molecule has 4 heteroatoms. The Bertz CT molecular complexity index is 401. The Morgan fingerprint density at radius 1 is 0.947 bits per heavy atom. The fourth-order valence-electron chi connectivity index (χ4n) is 2.50. The second kappa shape index (κ2) is 6.78. The van der Waals surface area contributed by atoms with Crippen molar-refractivity contribution in [1.29, 1.82) is 0 Å². The molecular weight excluding hydrogens is 240 g/mol. The second-order valence-corrected chi connectivity index (χ2v) is 4.90. The fraction of sp³-hybridized carbons (Fsp3) is 0.600. The van der Waals surface area contributed by atoms with Gasteiger partial charge in [0.25, 0.3) is 0 Å². The zero-order valence-corrected chi connectivity index (χ0v) is 12.2. The molecule has 0 aliphatic carbocycles. The van der Waals surface area contributed by atoms with Crippen LogP contribution in [0.25, 0.3) is 0 Å². The molecule has 1 saturated heterocycles. The van der Waals surface area contributed by atoms with Gasteiger partial charge in [-0.05, 0) is 24.2 Å². The van der Waals surface area contributed by atoms with Crippen LogP contribution in [0, 0.1) is 0 Å². The third-order valence-corrected chi connectivity index (χ3v) is 3.77. The summed E-state index contributed by atoms with van der Waals surface area (Å²) in [5, 5.41) is 0. The van der Waals surface area contributed by atoms with Gasteiger partial charge in [0.15, 0.2) is 11.5 Å². The second-order valence-electron chi connectivity index (χ2n) is 4.90. The van der Waals surface area contributed by atoms with Crippen LogP contribution in [0.1, 0.15) is 12.5 Å². The van der Waals surface area contributed by atoms with Crippen LogP contribution >= 0.6 is 0 Å². The molecule has 1 fully saturated rings. The van der Waals surface area contributed by atoms with E-state index in [4.69, 9.17) is 9.47 Å². The summed E-state index contributed by atoms with van der Waals surface area (Å²) in [7, 11) is 3.35. The Balaban J connectivity index is 1.96. The molecule has 0 saturated carbocycles. The quantitative estimate of drug-likeness (QED) is 0.810. The third-order valence-electron chi connectivity index (χ3n) is 3.77. The van der Waals surface area contributed by atoms with E-state index in [1.54, 1.807) is 14.2 Å². The molecular formula is C15H24N2O2. The van der Waals surface area contributed by atoms with Crippen LogP contribution in [0.15, 0.2) is 18.2 Å². The monoisotopic (exact) mass is 264 g/mol. The average molecular weight is 264 g/mol. The van der Waals surface area contributed by atoms with Crippen molar-refractivity contribution in [2.75, 3.05) is 46.9 Å². The van der Waals surface area contributed by atoms with E-state index in [0.717, 1.165) is 37.7 Å². The minimum atomic E-state index is 0.794. The molecule has 4 nitrogen and oxygen atoms in total. The van der Waals surface area contributed by atoms with E-state index >= 15 is 0 Å². The summed E-state index contributed by atoms with van der Waals surface area (Å²) in [4.78, 5) is 4.98. The minimum Gasteiger partial charge on any atom is -0.493 e. The summed E-state index contributed by atoms with van der Waals surface area (Å²) < 4.78 is 10.6. The van der Waals surface area contributed by atoms with Crippen molar-refractivity contribution in [1.82, 2.24) is 9.80 Å². The molecule has 0 unspecified atom stereocenters. The number of hydrogen-bond acceptors (Lipinski definition) is 4. The van der Waals surface area contributed by atoms with Crippen molar-refractivity contribution in [3.8, 4) is 11.5 Å². The highest BCUT2D eigenvalue weighted by Gasteiger charge is 2.16. The Labute approximate surface area is 115 Å². The molecule has 0 atom stereocenters. The molecule has 1 aromatic carbocycles. The first-order chi connectivity index (χ1) is 9.26. The van der Waals surface area contributed by atoms with Crippen LogP contribution in [0.5, 0.6) is 11.5 Å². The highest BCUT2D eigenvalue weighted by atomic mass is 16.5. The maximum absolute atomic E-state index is 5.35. The van der Waals surface area contributed by atoms with Crippen LogP contribution in [0.2, 0.25) is 0 Å². The molecule has 0 N–H and O–H groups in total. The van der Waals surface area contributed by atoms with Gasteiger partial charge in [0.1, 0.15) is 0 Å². The molecule has 0 amide bonds. The highest BCUT2D eigenvalue weighted by molar-refractivity contribution is 5.42. The summed E-state index contributed by atoms with van der Waals surface area (Å²) in [6.45, 7) is 8.99. The highest BCUT2D eigenvalue weighted by Crippen LogP contribution is 2.28. The Morgan fingerprint density at radius 2 is 1.58 bits per heavy atom. The van der Waals surface area contributed by atoms with Crippen LogP contribution in [0.4, 0.5) is 0 Å². The molecule has 0 bridgehead atoms. The zero-order valence-electron chi connectivity index (χ0n) is 12.2. The van der Waals surface area contributed by atoms with E-state index in [1.165, 1.54) is 18.7 Å². The SMILES string of the molecule is CCN1CCN(Cc2ccc(OC)c(OC)c2)CC1. The van der Waals surface area contributed by atoms with Gasteiger partial charge in [0.05, 0.1) is 14.2 Å². The molecule has 0 radical (unpaired) electrons. The molecule has 106 valence electrons. The molecule has 1 aliphatic rings. The minimum absolute atomic E-state index is 0.794. The number of nitrogens with zero attached hydrogens (tertiary/aromatic N) is 2. The van der Waals surface area contributed by atoms with E-state index in [-0.39, 0.29) is 0 Å². The average Bonchev–Trinajstić information content (AvgIpc) is 2.48. The summed E-state index contributed by atoms with van der Waals surface area (Å²) in [5.41, 5.74) is 1.28. The lowest BCUT2D eigenvalue weighted by molar-refractivity contribution is 0.132. The number of likely N-dealkylation sites (N-methyl/N-ethyl adjacent to an activating group) is 1. The van der Waals surface area contributed by atoms with Crippen LogP contribution in [0.3, 0.4) is 0 Å². The van der Waals surface area contributed by atoms with Gasteiger partial charge >= 0.3 is 0 Å². The lowest BCUT2D eigenvalue weighted by atomic mass is 10.1. The van der Waals surface area contributed by atoms with Gasteiger partial charge in [-0.1, -0.05) is 13.0 Å². The third kappa shape index (κ3) is 3.61. The lowest BCUT2D eigenvalue weighted by Gasteiger charge is -2.34. The Hall–Kier alpha value is -1.26. The normalized spacial score (nSPS) is 17.4. The van der Waals surface area contributed by atoms with Gasteiger partial charge in [0, 0.05) is 32.7 Å². The van der Waals surface area contributed by atoms with Gasteiger partial charge in [-0.3, -0.25) is 4.90 Å². The van der Waals surface area contributed by atoms with Gasteiger partial charge in [-0.2, -0.15) is 0 Å². The van der Waals surface area contributed by atoms with Crippen molar-refractivity contribution >= 4 is 0 Å². The molecule has 0 spiro atoms. The van der Waals surface area contributed by atoms with Crippen molar-refractivity contribution < 1.29 is 9.47 Å². The molecule has 1 aliphatic heterocycles. The smallest absolute Gasteiger partial charge is 0.161 e. The van der Waals surface area contributed by atoms with Crippen LogP contribution in [-0.4, -0.2) is 56.7 Å². The lowest BCUT2D eigenvalue weighted by Crippen LogP contribution is -2.45. The first-order valence-corrected chi connectivity index (χ1v) is 6.92. The van der Waals surface area contributed by atoms with Crippen molar-refractivity contribution in [2.45, 2.75) is 13.5 Å². The predicted octanol–water partition coefficient (Wildman–Crippen LogP) is 1.84. The van der Waals surface area contributed by atoms with Crippen LogP contribution in [-0.2, 0) is 6.54 Å². The number of rotatable bonds is 5. The largest absolute Gasteiger partial charge is 0.493 e. The van der Waals surface area contributed by atoms with Gasteiger partial charge < -0.3 is 14.4 Å². The van der Waals surface area contributed by atoms with E-state index in [9.17, 15) is 0 Å². The number of hydrogen-bond donors (Lipinski definition) is 0. The fourth-order valence-corrected chi connectivity index (χ4v) is 2.50. The van der Waals surface area contributed by atoms with Gasteiger partial charge in [-0.25, -0.2) is 0 Å². The van der Waals surface area contributed by atoms with Crippen LogP contribution < -0.4 is 9.47 Å². The Morgan fingerprint density at radius 3 is 2.16 bits per heavy atom. The zero-order chi connectivity index (χ0) is 13.7. The number of methoxy groups -OCH3 is 2. The Kier molecular flexibility index (Phi) is 5.05. The first-order valence-electron chi connectivity index (χ1n) is 6.92. The molecule has 1 heterocycles. The van der Waals surface area contributed by atoms with E-state index in [0.29, 0.717) is 0 Å². The summed E-state index contributed by atoms with van der Waals surface area (Å²) in [6, 6.07) is 6.18. The van der Waals surface area contributed by atoms with Gasteiger partial charge in [0.2, 0.25) is 0 Å². The maximum Gasteiger partial charge on any atom is 0.161 e. The predicted molar refractivity (Wildman–Crippen MR) is 76.9 cm³/mol. The molecule has 1 aromatic rings. The van der Waals surface area contributed by atoms with Crippen molar-refractivity contribution in [3.05, 3.63) is 23.8 Å². The van der Waals surface area contributed by atoms with Gasteiger partial charge in [-0.15, -0.1) is 0 Å². The topological polar surface area (TPSA) is 24.9 Å². The van der Waals surface area contributed by atoms with E-state index < -0.39 is 0 Å². The summed E-state index contributed by atoms with van der Waals surface area (Å²) in [5.74, 6) is 1.61. The number of piperazine rings is 1. The summed E-state index contributed by atoms with van der Waals surface area (Å²) >= 11 is 0.